The van der Waals surface area contributed by atoms with Crippen molar-refractivity contribution in [3.05, 3.63) is 34.4 Å². The van der Waals surface area contributed by atoms with Gasteiger partial charge < -0.3 is 10.2 Å². The van der Waals surface area contributed by atoms with Crippen LogP contribution in [0.3, 0.4) is 0 Å². The zero-order valence-corrected chi connectivity index (χ0v) is 10.2. The fourth-order valence-corrected chi connectivity index (χ4v) is 2.16. The Morgan fingerprint density at radius 3 is 2.65 bits per heavy atom. The van der Waals surface area contributed by atoms with Crippen LogP contribution in [0.25, 0.3) is 0 Å². The fraction of sp³-hybridized carbons (Fsp3) is 0.500. The van der Waals surface area contributed by atoms with Gasteiger partial charge in [0.15, 0.2) is 0 Å². The van der Waals surface area contributed by atoms with Gasteiger partial charge in [0.05, 0.1) is 0 Å². The highest BCUT2D eigenvalue weighted by molar-refractivity contribution is 6.30. The minimum absolute atomic E-state index is 0.400. The van der Waals surface area contributed by atoms with Crippen LogP contribution in [0.15, 0.2) is 12.1 Å². The SMILES string of the molecule is Fc1ccc(CCN2CCNCC2)c(F)c1Cl. The number of nitrogens with one attached hydrogen (secondary N) is 1. The summed E-state index contributed by atoms with van der Waals surface area (Å²) >= 11 is 5.53. The van der Waals surface area contributed by atoms with Crippen LogP contribution in [0.2, 0.25) is 5.02 Å². The maximum absolute atomic E-state index is 13.6. The standard InChI is InChI=1S/C12H15ClF2N2/c13-11-10(14)2-1-9(12(11)15)3-6-17-7-4-16-5-8-17/h1-2,16H,3-8H2. The minimum Gasteiger partial charge on any atom is -0.314 e. The van der Waals surface area contributed by atoms with Crippen LogP contribution in [-0.4, -0.2) is 37.6 Å². The third-order valence-corrected chi connectivity index (χ3v) is 3.37. The Balaban J connectivity index is 1.96. The molecule has 0 spiro atoms. The fourth-order valence-electron chi connectivity index (χ4n) is 1.97. The van der Waals surface area contributed by atoms with Crippen molar-refractivity contribution in [3.63, 3.8) is 0 Å². The molecule has 1 aromatic rings. The minimum atomic E-state index is -0.699. The molecule has 0 unspecified atom stereocenters. The molecule has 0 aromatic heterocycles. The molecule has 1 aliphatic heterocycles. The van der Waals surface area contributed by atoms with E-state index in [2.05, 4.69) is 10.2 Å². The van der Waals surface area contributed by atoms with E-state index < -0.39 is 16.7 Å². The third-order valence-electron chi connectivity index (χ3n) is 3.02. The number of halogens is 3. The quantitative estimate of drug-likeness (QED) is 0.837. The molecule has 0 atom stereocenters. The molecule has 17 heavy (non-hydrogen) atoms. The van der Waals surface area contributed by atoms with Crippen LogP contribution in [0.5, 0.6) is 0 Å². The summed E-state index contributed by atoms with van der Waals surface area (Å²) in [6.07, 6.45) is 0.561. The number of benzene rings is 1. The van der Waals surface area contributed by atoms with Crippen LogP contribution in [0.1, 0.15) is 5.56 Å². The smallest absolute Gasteiger partial charge is 0.148 e. The highest BCUT2D eigenvalue weighted by Crippen LogP contribution is 2.22. The first-order valence-corrected chi connectivity index (χ1v) is 6.11. The van der Waals surface area contributed by atoms with Gasteiger partial charge in [0.25, 0.3) is 0 Å². The monoisotopic (exact) mass is 260 g/mol. The predicted octanol–water partition coefficient (Wildman–Crippen LogP) is 2.07. The van der Waals surface area contributed by atoms with Crippen molar-refractivity contribution >= 4 is 11.6 Å². The molecule has 0 saturated carbocycles. The lowest BCUT2D eigenvalue weighted by Crippen LogP contribution is -2.44. The molecule has 5 heteroatoms. The molecular weight excluding hydrogens is 246 g/mol. The van der Waals surface area contributed by atoms with E-state index in [0.29, 0.717) is 12.0 Å². The molecule has 0 bridgehead atoms. The summed E-state index contributed by atoms with van der Waals surface area (Å²) in [5.41, 5.74) is 0.481. The lowest BCUT2D eigenvalue weighted by molar-refractivity contribution is 0.243. The van der Waals surface area contributed by atoms with Crippen LogP contribution in [0.4, 0.5) is 8.78 Å². The van der Waals surface area contributed by atoms with Gasteiger partial charge in [-0.1, -0.05) is 17.7 Å². The van der Waals surface area contributed by atoms with Crippen molar-refractivity contribution in [1.29, 1.82) is 0 Å². The number of rotatable bonds is 3. The van der Waals surface area contributed by atoms with Gasteiger partial charge in [-0.25, -0.2) is 8.78 Å². The van der Waals surface area contributed by atoms with Gasteiger partial charge in [0, 0.05) is 32.7 Å². The van der Waals surface area contributed by atoms with Crippen molar-refractivity contribution in [1.82, 2.24) is 10.2 Å². The summed E-state index contributed by atoms with van der Waals surface area (Å²) in [6, 6.07) is 2.69. The summed E-state index contributed by atoms with van der Waals surface area (Å²) in [5.74, 6) is -1.32. The van der Waals surface area contributed by atoms with E-state index in [9.17, 15) is 8.78 Å². The molecule has 2 nitrogen and oxygen atoms in total. The molecule has 1 N–H and O–H groups in total. The second-order valence-corrected chi connectivity index (χ2v) is 4.55. The van der Waals surface area contributed by atoms with Gasteiger partial charge in [-0.15, -0.1) is 0 Å². The van der Waals surface area contributed by atoms with Gasteiger partial charge in [-0.3, -0.25) is 0 Å². The topological polar surface area (TPSA) is 15.3 Å². The van der Waals surface area contributed by atoms with E-state index in [0.717, 1.165) is 32.7 Å². The summed E-state index contributed by atoms with van der Waals surface area (Å²) in [6.45, 7) is 4.65. The van der Waals surface area contributed by atoms with Crippen molar-refractivity contribution in [3.8, 4) is 0 Å². The highest BCUT2D eigenvalue weighted by Gasteiger charge is 2.14. The second kappa shape index (κ2) is 5.76. The summed E-state index contributed by atoms with van der Waals surface area (Å²) in [7, 11) is 0. The first-order valence-electron chi connectivity index (χ1n) is 5.74. The first-order chi connectivity index (χ1) is 8.18. The third kappa shape index (κ3) is 3.15. The van der Waals surface area contributed by atoms with E-state index >= 15 is 0 Å². The van der Waals surface area contributed by atoms with E-state index in [4.69, 9.17) is 11.6 Å². The Bertz CT molecular complexity index is 392. The van der Waals surface area contributed by atoms with Gasteiger partial charge in [-0.05, 0) is 18.1 Å². The van der Waals surface area contributed by atoms with Crippen molar-refractivity contribution in [2.24, 2.45) is 0 Å². The number of piperazine rings is 1. The Kier molecular flexibility index (Phi) is 4.31. The molecule has 1 aromatic carbocycles. The van der Waals surface area contributed by atoms with E-state index in [-0.39, 0.29) is 0 Å². The largest absolute Gasteiger partial charge is 0.314 e. The maximum atomic E-state index is 13.6. The Morgan fingerprint density at radius 2 is 1.94 bits per heavy atom. The molecule has 2 rings (SSSR count). The molecule has 1 heterocycles. The first kappa shape index (κ1) is 12.7. The molecule has 0 aliphatic carbocycles. The number of nitrogens with zero attached hydrogens (tertiary/aromatic N) is 1. The number of hydrogen-bond donors (Lipinski definition) is 1. The molecule has 1 aliphatic rings. The van der Waals surface area contributed by atoms with Crippen molar-refractivity contribution in [2.75, 3.05) is 32.7 Å². The maximum Gasteiger partial charge on any atom is 0.148 e. The normalized spacial score (nSPS) is 17.4. The molecule has 0 amide bonds. The van der Waals surface area contributed by atoms with E-state index in [1.807, 2.05) is 0 Å². The predicted molar refractivity (Wildman–Crippen MR) is 64.4 cm³/mol. The molecular formula is C12H15ClF2N2. The second-order valence-electron chi connectivity index (χ2n) is 4.18. The van der Waals surface area contributed by atoms with Crippen LogP contribution >= 0.6 is 11.6 Å². The number of hydrogen-bond acceptors (Lipinski definition) is 2. The van der Waals surface area contributed by atoms with Gasteiger partial charge in [0.2, 0.25) is 0 Å². The van der Waals surface area contributed by atoms with Gasteiger partial charge >= 0.3 is 0 Å². The Labute approximate surface area is 105 Å². The van der Waals surface area contributed by atoms with Gasteiger partial charge in [0.1, 0.15) is 16.7 Å². The van der Waals surface area contributed by atoms with Crippen LogP contribution in [0, 0.1) is 11.6 Å². The highest BCUT2D eigenvalue weighted by atomic mass is 35.5. The average molecular weight is 261 g/mol. The summed E-state index contributed by atoms with van der Waals surface area (Å²) in [5, 5.41) is 2.85. The molecule has 94 valence electrons. The Hall–Kier alpha value is -0.710. The lowest BCUT2D eigenvalue weighted by Gasteiger charge is -2.27. The van der Waals surface area contributed by atoms with Crippen LogP contribution < -0.4 is 5.32 Å². The zero-order chi connectivity index (χ0) is 12.3. The summed E-state index contributed by atoms with van der Waals surface area (Å²) in [4.78, 5) is 2.26. The van der Waals surface area contributed by atoms with Gasteiger partial charge in [-0.2, -0.15) is 0 Å². The molecule has 1 fully saturated rings. The lowest BCUT2D eigenvalue weighted by atomic mass is 10.1. The average Bonchev–Trinajstić information content (AvgIpc) is 2.36. The van der Waals surface area contributed by atoms with Crippen LogP contribution in [-0.2, 0) is 6.42 Å². The molecule has 1 saturated heterocycles. The van der Waals surface area contributed by atoms with E-state index in [1.54, 1.807) is 0 Å². The Morgan fingerprint density at radius 1 is 1.24 bits per heavy atom. The van der Waals surface area contributed by atoms with Crippen molar-refractivity contribution in [2.45, 2.75) is 6.42 Å². The zero-order valence-electron chi connectivity index (χ0n) is 9.48. The molecule has 0 radical (unpaired) electrons. The van der Waals surface area contributed by atoms with E-state index in [1.165, 1.54) is 12.1 Å². The summed E-state index contributed by atoms with van der Waals surface area (Å²) < 4.78 is 26.6. The van der Waals surface area contributed by atoms with Crippen molar-refractivity contribution < 1.29 is 8.78 Å².